The number of rotatable bonds is 9. The second-order valence-corrected chi connectivity index (χ2v) is 4.35. The van der Waals surface area contributed by atoms with Crippen molar-refractivity contribution < 1.29 is 13.9 Å². The van der Waals surface area contributed by atoms with Gasteiger partial charge in [-0.25, -0.2) is 4.39 Å². The summed E-state index contributed by atoms with van der Waals surface area (Å²) < 4.78 is 23.3. The second-order valence-electron chi connectivity index (χ2n) is 4.35. The van der Waals surface area contributed by atoms with Crippen LogP contribution in [0.25, 0.3) is 0 Å². The molecule has 0 bridgehead atoms. The highest BCUT2D eigenvalue weighted by molar-refractivity contribution is 5.16. The fourth-order valence-corrected chi connectivity index (χ4v) is 1.90. The van der Waals surface area contributed by atoms with E-state index in [-0.39, 0.29) is 5.82 Å². The normalized spacial score (nSPS) is 12.6. The van der Waals surface area contributed by atoms with Crippen LogP contribution >= 0.6 is 0 Å². The quantitative estimate of drug-likeness (QED) is 0.683. The van der Waals surface area contributed by atoms with Gasteiger partial charge in [0.25, 0.3) is 0 Å². The summed E-state index contributed by atoms with van der Waals surface area (Å²) in [5.41, 5.74) is 1.01. The minimum absolute atomic E-state index is 0.184. The van der Waals surface area contributed by atoms with E-state index in [4.69, 9.17) is 9.47 Å². The minimum Gasteiger partial charge on any atom is -0.384 e. The molecule has 0 aliphatic carbocycles. The maximum absolute atomic E-state index is 13.1. The fourth-order valence-electron chi connectivity index (χ4n) is 1.90. The van der Waals surface area contributed by atoms with E-state index in [1.165, 1.54) is 6.07 Å². The van der Waals surface area contributed by atoms with Crippen LogP contribution in [0.2, 0.25) is 0 Å². The highest BCUT2D eigenvalue weighted by Crippen LogP contribution is 2.10. The number of nitrogens with one attached hydrogen (secondary N) is 1. The lowest BCUT2D eigenvalue weighted by molar-refractivity contribution is 0.147. The van der Waals surface area contributed by atoms with E-state index >= 15 is 0 Å². The summed E-state index contributed by atoms with van der Waals surface area (Å²) in [5.74, 6) is 0.157. The third-order valence-electron chi connectivity index (χ3n) is 2.73. The number of ether oxygens (including phenoxy) is 2. The Balaban J connectivity index is 2.41. The Hall–Kier alpha value is -0.970. The molecule has 1 aromatic rings. The van der Waals surface area contributed by atoms with Gasteiger partial charge in [0.05, 0.1) is 13.2 Å². The van der Waals surface area contributed by atoms with E-state index in [0.29, 0.717) is 19.1 Å². The molecule has 4 heteroatoms. The number of benzene rings is 1. The number of hydrogen-bond acceptors (Lipinski definition) is 3. The molecule has 0 heterocycles. The molecular formula is C14H22FNO2. The van der Waals surface area contributed by atoms with Crippen LogP contribution in [0.1, 0.15) is 5.56 Å². The fraction of sp³-hybridized carbons (Fsp3) is 0.571. The molecule has 0 spiro atoms. The van der Waals surface area contributed by atoms with Crippen molar-refractivity contribution in [3.8, 4) is 0 Å². The molecule has 0 aromatic heterocycles. The monoisotopic (exact) mass is 255 g/mol. The lowest BCUT2D eigenvalue weighted by atomic mass is 10.00. The first kappa shape index (κ1) is 15.1. The third kappa shape index (κ3) is 6.10. The molecule has 1 aromatic carbocycles. The number of halogens is 1. The largest absolute Gasteiger partial charge is 0.384 e. The van der Waals surface area contributed by atoms with Crippen LogP contribution < -0.4 is 5.32 Å². The molecule has 0 fully saturated rings. The first-order valence-corrected chi connectivity index (χ1v) is 6.19. The summed E-state index contributed by atoms with van der Waals surface area (Å²) in [6.45, 7) is 3.02. The van der Waals surface area contributed by atoms with Crippen molar-refractivity contribution >= 4 is 0 Å². The molecule has 0 radical (unpaired) electrons. The zero-order valence-corrected chi connectivity index (χ0v) is 11.1. The Morgan fingerprint density at radius 2 is 2.11 bits per heavy atom. The van der Waals surface area contributed by atoms with Crippen LogP contribution in [0.15, 0.2) is 24.3 Å². The summed E-state index contributed by atoms with van der Waals surface area (Å²) >= 11 is 0. The molecule has 3 nitrogen and oxygen atoms in total. The van der Waals surface area contributed by atoms with Gasteiger partial charge >= 0.3 is 0 Å². The van der Waals surface area contributed by atoms with E-state index in [2.05, 4.69) is 5.32 Å². The Morgan fingerprint density at radius 3 is 2.78 bits per heavy atom. The average molecular weight is 255 g/mol. The van der Waals surface area contributed by atoms with Gasteiger partial charge in [-0.1, -0.05) is 12.1 Å². The summed E-state index contributed by atoms with van der Waals surface area (Å²) in [7, 11) is 3.37. The van der Waals surface area contributed by atoms with E-state index < -0.39 is 0 Å². The van der Waals surface area contributed by atoms with Crippen molar-refractivity contribution in [3.05, 3.63) is 35.6 Å². The molecule has 0 saturated carbocycles. The summed E-state index contributed by atoms with van der Waals surface area (Å²) in [5, 5.41) is 3.31. The van der Waals surface area contributed by atoms with E-state index in [9.17, 15) is 4.39 Å². The van der Waals surface area contributed by atoms with Crippen LogP contribution in [0.3, 0.4) is 0 Å². The van der Waals surface area contributed by atoms with Crippen molar-refractivity contribution in [2.24, 2.45) is 5.92 Å². The highest BCUT2D eigenvalue weighted by Gasteiger charge is 2.09. The van der Waals surface area contributed by atoms with Crippen LogP contribution in [0.5, 0.6) is 0 Å². The van der Waals surface area contributed by atoms with Crippen LogP contribution in [0.4, 0.5) is 4.39 Å². The molecule has 1 rings (SSSR count). The van der Waals surface area contributed by atoms with Crippen molar-refractivity contribution in [2.75, 3.05) is 40.5 Å². The van der Waals surface area contributed by atoms with Crippen LogP contribution in [-0.2, 0) is 15.9 Å². The summed E-state index contributed by atoms with van der Waals surface area (Å²) in [6, 6.07) is 6.73. The van der Waals surface area contributed by atoms with Gasteiger partial charge in [-0.15, -0.1) is 0 Å². The topological polar surface area (TPSA) is 30.5 Å². The molecule has 1 N–H and O–H groups in total. The molecule has 18 heavy (non-hydrogen) atoms. The molecule has 0 amide bonds. The van der Waals surface area contributed by atoms with Crippen molar-refractivity contribution in [1.82, 2.24) is 5.32 Å². The van der Waals surface area contributed by atoms with Crippen LogP contribution in [0, 0.1) is 11.7 Å². The van der Waals surface area contributed by atoms with E-state index in [1.54, 1.807) is 26.4 Å². The van der Waals surface area contributed by atoms with Gasteiger partial charge in [0.1, 0.15) is 5.82 Å². The smallest absolute Gasteiger partial charge is 0.123 e. The first-order chi connectivity index (χ1) is 8.76. The zero-order chi connectivity index (χ0) is 13.2. The molecule has 102 valence electrons. The van der Waals surface area contributed by atoms with Gasteiger partial charge < -0.3 is 14.8 Å². The highest BCUT2D eigenvalue weighted by atomic mass is 19.1. The van der Waals surface area contributed by atoms with Gasteiger partial charge in [-0.2, -0.15) is 0 Å². The maximum atomic E-state index is 13.1. The first-order valence-electron chi connectivity index (χ1n) is 6.19. The zero-order valence-electron chi connectivity index (χ0n) is 11.1. The Bertz CT molecular complexity index is 333. The summed E-state index contributed by atoms with van der Waals surface area (Å²) in [4.78, 5) is 0. The maximum Gasteiger partial charge on any atom is 0.123 e. The molecule has 0 saturated heterocycles. The molecule has 1 unspecified atom stereocenters. The van der Waals surface area contributed by atoms with Gasteiger partial charge in [-0.3, -0.25) is 0 Å². The predicted octanol–water partition coefficient (Wildman–Crippen LogP) is 1.87. The lowest BCUT2D eigenvalue weighted by Gasteiger charge is -2.17. The molecule has 1 atom stereocenters. The predicted molar refractivity (Wildman–Crippen MR) is 70.2 cm³/mol. The van der Waals surface area contributed by atoms with Crippen molar-refractivity contribution in [1.29, 1.82) is 0 Å². The molecule has 0 aliphatic rings. The van der Waals surface area contributed by atoms with Crippen LogP contribution in [-0.4, -0.2) is 40.5 Å². The number of methoxy groups -OCH3 is 2. The Labute approximate surface area is 108 Å². The third-order valence-corrected chi connectivity index (χ3v) is 2.73. The van der Waals surface area contributed by atoms with E-state index in [1.807, 2.05) is 6.07 Å². The lowest BCUT2D eigenvalue weighted by Crippen LogP contribution is -2.29. The Morgan fingerprint density at radius 1 is 1.28 bits per heavy atom. The van der Waals surface area contributed by atoms with Gasteiger partial charge in [0, 0.05) is 27.3 Å². The molecule has 0 aliphatic heterocycles. The van der Waals surface area contributed by atoms with Gasteiger partial charge in [0.2, 0.25) is 0 Å². The van der Waals surface area contributed by atoms with E-state index in [0.717, 1.165) is 25.1 Å². The Kier molecular flexibility index (Phi) is 7.57. The van der Waals surface area contributed by atoms with Crippen molar-refractivity contribution in [3.63, 3.8) is 0 Å². The van der Waals surface area contributed by atoms with Gasteiger partial charge in [0.15, 0.2) is 0 Å². The summed E-state index contributed by atoms with van der Waals surface area (Å²) in [6.07, 6.45) is 0.811. The second kappa shape index (κ2) is 9.03. The minimum atomic E-state index is -0.184. The average Bonchev–Trinajstić information content (AvgIpc) is 2.35. The standard InChI is InChI=1S/C14H22FNO2/c1-17-7-6-16-10-13(11-18-2)8-12-4-3-5-14(15)9-12/h3-5,9,13,16H,6-8,10-11H2,1-2H3. The number of hydrogen-bond donors (Lipinski definition) is 1. The van der Waals surface area contributed by atoms with Crippen molar-refractivity contribution in [2.45, 2.75) is 6.42 Å². The SMILES string of the molecule is COCCNCC(COC)Cc1cccc(F)c1. The molecular weight excluding hydrogens is 233 g/mol. The van der Waals surface area contributed by atoms with Gasteiger partial charge in [-0.05, 0) is 30.0 Å².